The van der Waals surface area contributed by atoms with Crippen molar-refractivity contribution in [3.63, 3.8) is 0 Å². The van der Waals surface area contributed by atoms with Gasteiger partial charge in [-0.25, -0.2) is 4.79 Å². The van der Waals surface area contributed by atoms with E-state index in [-0.39, 0.29) is 10.6 Å². The highest BCUT2D eigenvalue weighted by Crippen LogP contribution is 2.28. The molecule has 0 atom stereocenters. The van der Waals surface area contributed by atoms with Gasteiger partial charge in [0.05, 0.1) is 10.7 Å². The van der Waals surface area contributed by atoms with Gasteiger partial charge in [-0.15, -0.1) is 0 Å². The Morgan fingerprint density at radius 2 is 2.00 bits per heavy atom. The predicted molar refractivity (Wildman–Crippen MR) is 57.5 cm³/mol. The average molecular weight is 214 g/mol. The Morgan fingerprint density at radius 3 is 2.43 bits per heavy atom. The van der Waals surface area contributed by atoms with E-state index in [0.29, 0.717) is 5.69 Å². The molecule has 0 aliphatic rings. The molecule has 0 saturated carbocycles. The molecule has 0 aliphatic carbocycles. The monoisotopic (exact) mass is 213 g/mol. The molecule has 0 unspecified atom stereocenters. The highest BCUT2D eigenvalue weighted by Gasteiger charge is 2.16. The van der Waals surface area contributed by atoms with E-state index in [1.165, 1.54) is 0 Å². The van der Waals surface area contributed by atoms with Gasteiger partial charge in [-0.1, -0.05) is 11.6 Å². The maximum absolute atomic E-state index is 10.9. The average Bonchev–Trinajstić information content (AvgIpc) is 2.01. The first kappa shape index (κ1) is 10.9. The fourth-order valence-corrected chi connectivity index (χ4v) is 1.64. The lowest BCUT2D eigenvalue weighted by molar-refractivity contribution is 0.0698. The molecule has 0 fully saturated rings. The van der Waals surface area contributed by atoms with Crippen LogP contribution in [-0.2, 0) is 0 Å². The van der Waals surface area contributed by atoms with E-state index in [0.717, 1.165) is 5.56 Å². The van der Waals surface area contributed by atoms with Crippen LogP contribution >= 0.6 is 11.6 Å². The summed E-state index contributed by atoms with van der Waals surface area (Å²) >= 11 is 5.87. The molecule has 1 N–H and O–H groups in total. The van der Waals surface area contributed by atoms with Gasteiger partial charge in [-0.3, -0.25) is 0 Å². The van der Waals surface area contributed by atoms with Gasteiger partial charge in [-0.05, 0) is 24.6 Å². The number of nitrogens with zero attached hydrogens (tertiary/aromatic N) is 1. The third kappa shape index (κ3) is 1.99. The maximum atomic E-state index is 10.9. The number of halogens is 1. The summed E-state index contributed by atoms with van der Waals surface area (Å²) < 4.78 is 0. The molecular formula is C10H12ClNO2. The molecule has 3 nitrogen and oxygen atoms in total. The Bertz CT molecular complexity index is 375. The fraction of sp³-hybridized carbons (Fsp3) is 0.300. The molecule has 0 aliphatic heterocycles. The van der Waals surface area contributed by atoms with Crippen LogP contribution in [-0.4, -0.2) is 25.2 Å². The first-order chi connectivity index (χ1) is 6.43. The number of carbonyl (C=O) groups is 1. The molecule has 76 valence electrons. The fourth-order valence-electron chi connectivity index (χ4n) is 1.29. The summed E-state index contributed by atoms with van der Waals surface area (Å²) in [4.78, 5) is 12.7. The van der Waals surface area contributed by atoms with Crippen LogP contribution < -0.4 is 4.90 Å². The van der Waals surface area contributed by atoms with Crippen molar-refractivity contribution in [3.05, 3.63) is 28.3 Å². The second-order valence-electron chi connectivity index (χ2n) is 3.34. The van der Waals surface area contributed by atoms with Crippen LogP contribution in [0, 0.1) is 6.92 Å². The number of aryl methyl sites for hydroxylation is 1. The van der Waals surface area contributed by atoms with Gasteiger partial charge in [0.25, 0.3) is 0 Å². The molecule has 1 rings (SSSR count). The minimum absolute atomic E-state index is 0.155. The molecule has 0 amide bonds. The molecule has 0 heterocycles. The molecule has 0 saturated heterocycles. The van der Waals surface area contributed by atoms with Crippen LogP contribution in [0.2, 0.25) is 5.02 Å². The van der Waals surface area contributed by atoms with E-state index in [9.17, 15) is 4.79 Å². The van der Waals surface area contributed by atoms with E-state index >= 15 is 0 Å². The summed E-state index contributed by atoms with van der Waals surface area (Å²) in [7, 11) is 3.58. The summed E-state index contributed by atoms with van der Waals surface area (Å²) in [6, 6.07) is 3.45. The number of hydrogen-bond donors (Lipinski definition) is 1. The van der Waals surface area contributed by atoms with Crippen molar-refractivity contribution in [2.75, 3.05) is 19.0 Å². The first-order valence-corrected chi connectivity index (χ1v) is 4.52. The van der Waals surface area contributed by atoms with Crippen LogP contribution in [0.4, 0.5) is 5.69 Å². The molecule has 0 aromatic heterocycles. The normalized spacial score (nSPS) is 10.0. The van der Waals surface area contributed by atoms with Crippen molar-refractivity contribution < 1.29 is 9.90 Å². The van der Waals surface area contributed by atoms with Crippen LogP contribution in [0.15, 0.2) is 12.1 Å². The summed E-state index contributed by atoms with van der Waals surface area (Å²) in [5.41, 5.74) is 1.73. The predicted octanol–water partition coefficient (Wildman–Crippen LogP) is 2.41. The van der Waals surface area contributed by atoms with E-state index in [1.54, 1.807) is 31.1 Å². The zero-order chi connectivity index (χ0) is 10.9. The molecular weight excluding hydrogens is 202 g/mol. The Balaban J connectivity index is 3.44. The van der Waals surface area contributed by atoms with E-state index in [1.807, 2.05) is 6.92 Å². The Kier molecular flexibility index (Phi) is 3.01. The van der Waals surface area contributed by atoms with E-state index in [4.69, 9.17) is 16.7 Å². The summed E-state index contributed by atoms with van der Waals surface area (Å²) in [6.45, 7) is 1.88. The van der Waals surface area contributed by atoms with Crippen LogP contribution in [0.5, 0.6) is 0 Å². The molecule has 1 aromatic rings. The minimum atomic E-state index is -1.00. The van der Waals surface area contributed by atoms with E-state index < -0.39 is 5.97 Å². The quantitative estimate of drug-likeness (QED) is 0.820. The van der Waals surface area contributed by atoms with Crippen molar-refractivity contribution in [1.29, 1.82) is 0 Å². The second kappa shape index (κ2) is 3.88. The lowest BCUT2D eigenvalue weighted by Gasteiger charge is -2.17. The summed E-state index contributed by atoms with van der Waals surface area (Å²) in [5.74, 6) is -1.00. The van der Waals surface area contributed by atoms with Crippen molar-refractivity contribution in [3.8, 4) is 0 Å². The number of carboxylic acid groups (broad SMARTS) is 1. The SMILES string of the molecule is Cc1cc(Cl)c(C(=O)O)c(N(C)C)c1. The smallest absolute Gasteiger partial charge is 0.339 e. The number of carboxylic acids is 1. The molecule has 14 heavy (non-hydrogen) atoms. The topological polar surface area (TPSA) is 40.5 Å². The van der Waals surface area contributed by atoms with Crippen molar-refractivity contribution in [2.24, 2.45) is 0 Å². The third-order valence-corrected chi connectivity index (χ3v) is 2.21. The number of rotatable bonds is 2. The van der Waals surface area contributed by atoms with Crippen molar-refractivity contribution >= 4 is 23.3 Å². The molecule has 0 radical (unpaired) electrons. The molecule has 0 spiro atoms. The first-order valence-electron chi connectivity index (χ1n) is 4.14. The Hall–Kier alpha value is -1.22. The highest BCUT2D eigenvalue weighted by atomic mass is 35.5. The van der Waals surface area contributed by atoms with Gasteiger partial charge < -0.3 is 10.0 Å². The largest absolute Gasteiger partial charge is 0.478 e. The number of benzene rings is 1. The number of aromatic carboxylic acids is 1. The van der Waals surface area contributed by atoms with Gasteiger partial charge in [0.1, 0.15) is 5.56 Å². The zero-order valence-corrected chi connectivity index (χ0v) is 9.09. The van der Waals surface area contributed by atoms with Gasteiger partial charge in [0.15, 0.2) is 0 Å². The summed E-state index contributed by atoms with van der Waals surface area (Å²) in [5, 5.41) is 9.25. The van der Waals surface area contributed by atoms with Crippen LogP contribution in [0.3, 0.4) is 0 Å². The summed E-state index contributed by atoms with van der Waals surface area (Å²) in [6.07, 6.45) is 0. The minimum Gasteiger partial charge on any atom is -0.478 e. The Morgan fingerprint density at radius 1 is 1.43 bits per heavy atom. The molecule has 4 heteroatoms. The lowest BCUT2D eigenvalue weighted by Crippen LogP contribution is -2.14. The van der Waals surface area contributed by atoms with Crippen LogP contribution in [0.1, 0.15) is 15.9 Å². The lowest BCUT2D eigenvalue weighted by atomic mass is 10.1. The Labute approximate surface area is 87.9 Å². The van der Waals surface area contributed by atoms with Gasteiger partial charge in [0, 0.05) is 14.1 Å². The standard InChI is InChI=1S/C10H12ClNO2/c1-6-4-7(11)9(10(13)14)8(5-6)12(2)3/h4-5H,1-3H3,(H,13,14). The highest BCUT2D eigenvalue weighted by molar-refractivity contribution is 6.34. The van der Waals surface area contributed by atoms with Gasteiger partial charge in [-0.2, -0.15) is 0 Å². The molecule has 0 bridgehead atoms. The van der Waals surface area contributed by atoms with Gasteiger partial charge in [0.2, 0.25) is 0 Å². The van der Waals surface area contributed by atoms with E-state index in [2.05, 4.69) is 0 Å². The van der Waals surface area contributed by atoms with Crippen LogP contribution in [0.25, 0.3) is 0 Å². The zero-order valence-electron chi connectivity index (χ0n) is 8.34. The number of hydrogen-bond acceptors (Lipinski definition) is 2. The molecule has 1 aromatic carbocycles. The third-order valence-electron chi connectivity index (χ3n) is 1.91. The van der Waals surface area contributed by atoms with Gasteiger partial charge >= 0.3 is 5.97 Å². The second-order valence-corrected chi connectivity index (χ2v) is 3.75. The van der Waals surface area contributed by atoms with Crippen molar-refractivity contribution in [2.45, 2.75) is 6.92 Å². The van der Waals surface area contributed by atoms with Crippen molar-refractivity contribution in [1.82, 2.24) is 0 Å². The number of anilines is 1. The maximum Gasteiger partial charge on any atom is 0.339 e.